The number of carbonyl (C=O) groups is 1. The van der Waals surface area contributed by atoms with Gasteiger partial charge < -0.3 is 9.84 Å². The summed E-state index contributed by atoms with van der Waals surface area (Å²) in [5, 5.41) is 19.0. The summed E-state index contributed by atoms with van der Waals surface area (Å²) in [6.45, 7) is -0.569. The third-order valence-corrected chi connectivity index (χ3v) is 5.67. The topological polar surface area (TPSA) is 118 Å². The number of carboxylic acid groups (broad SMARTS) is 1. The first kappa shape index (κ1) is 25.3. The van der Waals surface area contributed by atoms with Crippen LogP contribution in [-0.2, 0) is 6.54 Å². The van der Waals surface area contributed by atoms with Gasteiger partial charge in [0.15, 0.2) is 11.5 Å². The molecule has 4 aromatic rings. The number of hydrogen-bond donors (Lipinski definition) is 1. The second kappa shape index (κ2) is 10.4. The van der Waals surface area contributed by atoms with E-state index in [1.807, 2.05) is 6.07 Å². The predicted octanol–water partition coefficient (Wildman–Crippen LogP) is 4.68. The number of nitriles is 1. The number of fused-ring (bicyclic) bond motifs is 1. The Morgan fingerprint density at radius 3 is 2.70 bits per heavy atom. The Kier molecular flexibility index (Phi) is 7.14. The first-order valence-corrected chi connectivity index (χ1v) is 11.0. The van der Waals surface area contributed by atoms with E-state index in [2.05, 4.69) is 15.9 Å². The van der Waals surface area contributed by atoms with Crippen LogP contribution in [0.2, 0.25) is 5.02 Å². The van der Waals surface area contributed by atoms with Gasteiger partial charge in [-0.05, 0) is 36.4 Å². The highest BCUT2D eigenvalue weighted by Gasteiger charge is 2.21. The number of halogens is 3. The highest BCUT2D eigenvalue weighted by atomic mass is 35.5. The van der Waals surface area contributed by atoms with E-state index in [4.69, 9.17) is 22.8 Å². The minimum Gasteiger partial charge on any atom is -0.491 e. The van der Waals surface area contributed by atoms with Crippen molar-refractivity contribution in [3.05, 3.63) is 86.7 Å². The van der Waals surface area contributed by atoms with Crippen molar-refractivity contribution in [2.45, 2.75) is 13.0 Å². The molecular formula is C26H15ClF2N4O4. The maximum Gasteiger partial charge on any atom is 0.355 e. The number of aromatic nitrogens is 3. The zero-order valence-corrected chi connectivity index (χ0v) is 19.5. The molecular weight excluding hydrogens is 506 g/mol. The smallest absolute Gasteiger partial charge is 0.355 e. The van der Waals surface area contributed by atoms with Gasteiger partial charge in [0.1, 0.15) is 18.4 Å². The Morgan fingerprint density at radius 1 is 1.24 bits per heavy atom. The second-order valence-corrected chi connectivity index (χ2v) is 8.00. The molecule has 0 radical (unpaired) electrons. The van der Waals surface area contributed by atoms with Crippen LogP contribution in [0.25, 0.3) is 22.0 Å². The summed E-state index contributed by atoms with van der Waals surface area (Å²) in [4.78, 5) is 32.4. The molecule has 184 valence electrons. The van der Waals surface area contributed by atoms with E-state index in [1.165, 1.54) is 48.7 Å². The lowest BCUT2D eigenvalue weighted by molar-refractivity contribution is 0.0690. The van der Waals surface area contributed by atoms with Crippen molar-refractivity contribution in [1.29, 1.82) is 5.26 Å². The number of carboxylic acids is 1. The van der Waals surface area contributed by atoms with Crippen LogP contribution in [0.3, 0.4) is 0 Å². The molecule has 0 saturated carbocycles. The molecule has 0 atom stereocenters. The highest BCUT2D eigenvalue weighted by Crippen LogP contribution is 2.35. The lowest BCUT2D eigenvalue weighted by atomic mass is 9.98. The fourth-order valence-electron chi connectivity index (χ4n) is 3.84. The van der Waals surface area contributed by atoms with Crippen LogP contribution in [0.15, 0.2) is 53.5 Å². The van der Waals surface area contributed by atoms with E-state index in [0.29, 0.717) is 16.1 Å². The monoisotopic (exact) mass is 520 g/mol. The number of rotatable bonds is 7. The zero-order chi connectivity index (χ0) is 26.7. The molecule has 8 nitrogen and oxygen atoms in total. The minimum absolute atomic E-state index is 0.00100. The second-order valence-electron chi connectivity index (χ2n) is 7.56. The van der Waals surface area contributed by atoms with Crippen molar-refractivity contribution in [2.75, 3.05) is 6.61 Å². The molecule has 0 fully saturated rings. The molecule has 11 heteroatoms. The van der Waals surface area contributed by atoms with Crippen molar-refractivity contribution in [3.63, 3.8) is 0 Å². The molecule has 4 rings (SSSR count). The van der Waals surface area contributed by atoms with Crippen molar-refractivity contribution >= 4 is 28.5 Å². The first-order valence-electron chi connectivity index (χ1n) is 10.6. The first-order chi connectivity index (χ1) is 17.8. The van der Waals surface area contributed by atoms with Gasteiger partial charge in [0.05, 0.1) is 28.6 Å². The van der Waals surface area contributed by atoms with Gasteiger partial charge in [0.25, 0.3) is 12.0 Å². The van der Waals surface area contributed by atoms with E-state index in [-0.39, 0.29) is 46.6 Å². The zero-order valence-electron chi connectivity index (χ0n) is 18.8. The van der Waals surface area contributed by atoms with Crippen LogP contribution in [0.1, 0.15) is 33.9 Å². The number of alkyl halides is 2. The third-order valence-electron chi connectivity index (χ3n) is 5.43. The molecule has 1 N–H and O–H groups in total. The van der Waals surface area contributed by atoms with Crippen LogP contribution in [0.5, 0.6) is 5.75 Å². The van der Waals surface area contributed by atoms with E-state index in [1.54, 1.807) is 0 Å². The minimum atomic E-state index is -3.06. The van der Waals surface area contributed by atoms with Gasteiger partial charge in [0, 0.05) is 22.3 Å². The average Bonchev–Trinajstić information content (AvgIpc) is 2.89. The summed E-state index contributed by atoms with van der Waals surface area (Å²) in [5.74, 6) is 0.450. The standard InChI is InChI=1S/C26H15ClF2N4O4/c1-2-16-17(8-9-31-22(16)26(35)36)18-12-15(27)6-7-20(18)37-11-10-33-24(23(28)29)32-19-5-3-4-14(13-30)21(19)25(33)34/h1,3-9,12,23H,10-11H2,(H,35,36). The quantitative estimate of drug-likeness (QED) is 0.351. The summed E-state index contributed by atoms with van der Waals surface area (Å²) in [7, 11) is 0. The summed E-state index contributed by atoms with van der Waals surface area (Å²) in [6, 6.07) is 12.1. The highest BCUT2D eigenvalue weighted by molar-refractivity contribution is 6.31. The number of nitrogens with zero attached hydrogens (tertiary/aromatic N) is 4. The maximum atomic E-state index is 13.8. The van der Waals surface area contributed by atoms with Crippen LogP contribution < -0.4 is 10.3 Å². The normalized spacial score (nSPS) is 10.8. The molecule has 0 amide bonds. The van der Waals surface area contributed by atoms with E-state index in [9.17, 15) is 28.7 Å². The Hall–Kier alpha value is -4.80. The van der Waals surface area contributed by atoms with E-state index >= 15 is 0 Å². The summed E-state index contributed by atoms with van der Waals surface area (Å²) >= 11 is 6.15. The number of pyridine rings is 1. The van der Waals surface area contributed by atoms with Crippen LogP contribution in [0, 0.1) is 23.7 Å². The number of terminal acetylenes is 1. The molecule has 0 bridgehead atoms. The molecule has 0 aliphatic heterocycles. The third kappa shape index (κ3) is 4.83. The summed E-state index contributed by atoms with van der Waals surface area (Å²) in [5.41, 5.74) is -0.480. The molecule has 37 heavy (non-hydrogen) atoms. The Bertz CT molecular complexity index is 1690. The Balaban J connectivity index is 1.73. The molecule has 2 heterocycles. The van der Waals surface area contributed by atoms with Gasteiger partial charge in [-0.1, -0.05) is 23.6 Å². The number of ether oxygens (including phenoxy) is 1. The lowest BCUT2D eigenvalue weighted by Crippen LogP contribution is -2.28. The maximum absolute atomic E-state index is 13.8. The van der Waals surface area contributed by atoms with Crippen LogP contribution >= 0.6 is 11.6 Å². The fraction of sp³-hybridized carbons (Fsp3) is 0.115. The summed E-state index contributed by atoms with van der Waals surface area (Å²) < 4.78 is 34.1. The number of aromatic carboxylic acids is 1. The molecule has 0 unspecified atom stereocenters. The Morgan fingerprint density at radius 2 is 2.03 bits per heavy atom. The molecule has 0 spiro atoms. The van der Waals surface area contributed by atoms with Crippen molar-refractivity contribution in [3.8, 4) is 35.3 Å². The van der Waals surface area contributed by atoms with Gasteiger partial charge >= 0.3 is 5.97 Å². The van der Waals surface area contributed by atoms with Gasteiger partial charge in [-0.3, -0.25) is 9.36 Å². The molecule has 0 aliphatic rings. The summed E-state index contributed by atoms with van der Waals surface area (Å²) in [6.07, 6.45) is 3.77. The van der Waals surface area contributed by atoms with E-state index in [0.717, 1.165) is 4.57 Å². The van der Waals surface area contributed by atoms with Gasteiger partial charge in [-0.15, -0.1) is 6.42 Å². The van der Waals surface area contributed by atoms with E-state index < -0.39 is 23.8 Å². The number of hydrogen-bond acceptors (Lipinski definition) is 6. The van der Waals surface area contributed by atoms with Crippen molar-refractivity contribution < 1.29 is 23.4 Å². The molecule has 0 saturated heterocycles. The SMILES string of the molecule is C#Cc1c(-c2cc(Cl)ccc2OCCn2c(C(F)F)nc3cccc(C#N)c3c2=O)ccnc1C(=O)O. The largest absolute Gasteiger partial charge is 0.491 e. The van der Waals surface area contributed by atoms with Crippen molar-refractivity contribution in [1.82, 2.24) is 14.5 Å². The van der Waals surface area contributed by atoms with Gasteiger partial charge in [0.2, 0.25) is 0 Å². The van der Waals surface area contributed by atoms with Gasteiger partial charge in [-0.25, -0.2) is 23.5 Å². The van der Waals surface area contributed by atoms with Crippen LogP contribution in [-0.4, -0.2) is 32.2 Å². The van der Waals surface area contributed by atoms with Gasteiger partial charge in [-0.2, -0.15) is 5.26 Å². The van der Waals surface area contributed by atoms with Crippen LogP contribution in [0.4, 0.5) is 8.78 Å². The Labute approximate surface area is 213 Å². The molecule has 0 aliphatic carbocycles. The fourth-order valence-corrected chi connectivity index (χ4v) is 4.01. The number of benzene rings is 2. The molecule has 2 aromatic heterocycles. The lowest BCUT2D eigenvalue weighted by Gasteiger charge is -2.16. The van der Waals surface area contributed by atoms with Crippen molar-refractivity contribution in [2.24, 2.45) is 0 Å². The molecule has 2 aromatic carbocycles. The predicted molar refractivity (Wildman–Crippen MR) is 131 cm³/mol. The average molecular weight is 521 g/mol.